The maximum Gasteiger partial charge on any atom is 0.0254 e. The lowest BCUT2D eigenvalue weighted by Crippen LogP contribution is -2.56. The predicted molar refractivity (Wildman–Crippen MR) is 90.2 cm³/mol. The summed E-state index contributed by atoms with van der Waals surface area (Å²) in [4.78, 5) is 2.75. The summed E-state index contributed by atoms with van der Waals surface area (Å²) in [7, 11) is 2.15. The molecule has 0 aromatic heterocycles. The van der Waals surface area contributed by atoms with Gasteiger partial charge in [0.2, 0.25) is 0 Å². The van der Waals surface area contributed by atoms with E-state index in [9.17, 15) is 0 Å². The fourth-order valence-corrected chi connectivity index (χ4v) is 3.96. The molecule has 4 atom stereocenters. The van der Waals surface area contributed by atoms with E-state index in [0.29, 0.717) is 23.5 Å². The molecule has 0 aliphatic heterocycles. The molecule has 1 fully saturated rings. The van der Waals surface area contributed by atoms with Crippen molar-refractivity contribution in [3.05, 3.63) is 0 Å². The molecule has 0 saturated heterocycles. The Morgan fingerprint density at radius 2 is 1.85 bits per heavy atom. The van der Waals surface area contributed by atoms with Crippen molar-refractivity contribution < 1.29 is 0 Å². The number of hydrogen-bond acceptors (Lipinski definition) is 2. The van der Waals surface area contributed by atoms with Gasteiger partial charge in [0.25, 0.3) is 0 Å². The van der Waals surface area contributed by atoms with Gasteiger partial charge in [0.05, 0.1) is 0 Å². The predicted octanol–water partition coefficient (Wildman–Crippen LogP) is 4.30. The summed E-state index contributed by atoms with van der Waals surface area (Å²) in [5.74, 6) is 0.875. The molecule has 0 bridgehead atoms. The van der Waals surface area contributed by atoms with Crippen molar-refractivity contribution in [3.8, 4) is 0 Å². The average molecular weight is 283 g/mol. The average Bonchev–Trinajstić information content (AvgIpc) is 2.47. The first-order valence-electron chi connectivity index (χ1n) is 8.84. The second-order valence-electron chi connectivity index (χ2n) is 7.40. The molecule has 120 valence electrons. The Balaban J connectivity index is 2.87. The van der Waals surface area contributed by atoms with Crippen LogP contribution in [0.4, 0.5) is 0 Å². The number of nitrogens with zero attached hydrogens (tertiary/aromatic N) is 1. The molecular weight excluding hydrogens is 244 g/mol. The van der Waals surface area contributed by atoms with Crippen LogP contribution in [0.25, 0.3) is 0 Å². The Morgan fingerprint density at radius 1 is 1.20 bits per heavy atom. The van der Waals surface area contributed by atoms with Gasteiger partial charge < -0.3 is 5.32 Å². The van der Waals surface area contributed by atoms with Crippen LogP contribution >= 0.6 is 0 Å². The van der Waals surface area contributed by atoms with Crippen LogP contribution in [0.3, 0.4) is 0 Å². The maximum atomic E-state index is 3.60. The molecule has 0 spiro atoms. The van der Waals surface area contributed by atoms with E-state index in [1.54, 1.807) is 0 Å². The fraction of sp³-hybridized carbons (Fsp3) is 1.00. The van der Waals surface area contributed by atoms with Crippen LogP contribution in [0, 0.1) is 11.3 Å². The highest BCUT2D eigenvalue weighted by Crippen LogP contribution is 2.42. The van der Waals surface area contributed by atoms with Gasteiger partial charge >= 0.3 is 0 Å². The summed E-state index contributed by atoms with van der Waals surface area (Å²) < 4.78 is 0. The van der Waals surface area contributed by atoms with Gasteiger partial charge in [-0.05, 0) is 57.5 Å². The van der Waals surface area contributed by atoms with Crippen LogP contribution in [0.5, 0.6) is 0 Å². The summed E-state index contributed by atoms with van der Waals surface area (Å²) in [6.45, 7) is 15.5. The van der Waals surface area contributed by atoms with Crippen molar-refractivity contribution >= 4 is 0 Å². The second kappa shape index (κ2) is 7.79. The zero-order valence-electron chi connectivity index (χ0n) is 15.0. The van der Waals surface area contributed by atoms with Gasteiger partial charge in [-0.15, -0.1) is 0 Å². The van der Waals surface area contributed by atoms with Gasteiger partial charge in [-0.3, -0.25) is 4.90 Å². The highest BCUT2D eigenvalue weighted by molar-refractivity contribution is 4.95. The highest BCUT2D eigenvalue weighted by atomic mass is 15.2. The van der Waals surface area contributed by atoms with Crippen LogP contribution in [0.1, 0.15) is 73.6 Å². The van der Waals surface area contributed by atoms with E-state index in [4.69, 9.17) is 0 Å². The smallest absolute Gasteiger partial charge is 0.0254 e. The lowest BCUT2D eigenvalue weighted by molar-refractivity contribution is 0.0343. The third-order valence-electron chi connectivity index (χ3n) is 6.15. The van der Waals surface area contributed by atoms with Gasteiger partial charge in [0.15, 0.2) is 0 Å². The molecule has 0 aromatic carbocycles. The molecular formula is C18H38N2. The minimum Gasteiger partial charge on any atom is -0.315 e. The summed E-state index contributed by atoms with van der Waals surface area (Å²) >= 11 is 0. The van der Waals surface area contributed by atoms with E-state index in [0.717, 1.165) is 5.92 Å². The second-order valence-corrected chi connectivity index (χ2v) is 7.40. The molecule has 20 heavy (non-hydrogen) atoms. The Labute approximate surface area is 127 Å². The highest BCUT2D eigenvalue weighted by Gasteiger charge is 2.39. The first-order valence-corrected chi connectivity index (χ1v) is 8.84. The summed E-state index contributed by atoms with van der Waals surface area (Å²) in [5, 5.41) is 3.60. The van der Waals surface area contributed by atoms with Gasteiger partial charge in [-0.1, -0.05) is 41.0 Å². The first-order chi connectivity index (χ1) is 9.41. The molecule has 0 amide bonds. The zero-order chi connectivity index (χ0) is 15.3. The molecule has 4 unspecified atom stereocenters. The van der Waals surface area contributed by atoms with Crippen molar-refractivity contribution in [1.82, 2.24) is 10.2 Å². The van der Waals surface area contributed by atoms with Gasteiger partial charge in [0.1, 0.15) is 0 Å². The van der Waals surface area contributed by atoms with Crippen LogP contribution in [0.15, 0.2) is 0 Å². The van der Waals surface area contributed by atoms with Crippen LogP contribution in [-0.4, -0.2) is 36.6 Å². The molecule has 2 heteroatoms. The van der Waals surface area contributed by atoms with Crippen molar-refractivity contribution in [3.63, 3.8) is 0 Å². The minimum absolute atomic E-state index is 0.492. The summed E-state index contributed by atoms with van der Waals surface area (Å²) in [5.41, 5.74) is 0.492. The number of nitrogens with one attached hydrogen (secondary N) is 1. The number of likely N-dealkylation sites (N-methyl/N-ethyl adjacent to an activating group) is 2. The van der Waals surface area contributed by atoms with E-state index < -0.39 is 0 Å². The third kappa shape index (κ3) is 3.98. The molecule has 0 aromatic rings. The van der Waals surface area contributed by atoms with Crippen molar-refractivity contribution in [2.24, 2.45) is 11.3 Å². The summed E-state index contributed by atoms with van der Waals surface area (Å²) in [6, 6.07) is 2.08. The molecule has 1 saturated carbocycles. The normalized spacial score (nSPS) is 29.7. The molecule has 1 rings (SSSR count). The summed E-state index contributed by atoms with van der Waals surface area (Å²) in [6.07, 6.45) is 6.64. The van der Waals surface area contributed by atoms with Crippen molar-refractivity contribution in [1.29, 1.82) is 0 Å². The molecule has 1 N–H and O–H groups in total. The SMILES string of the molecule is CCC(C)N(CC)C1CC(C(C)(C)CC)CCC1NC. The van der Waals surface area contributed by atoms with Crippen molar-refractivity contribution in [2.75, 3.05) is 13.6 Å². The lowest BCUT2D eigenvalue weighted by atomic mass is 9.67. The van der Waals surface area contributed by atoms with E-state index in [-0.39, 0.29) is 0 Å². The number of rotatable bonds is 7. The monoisotopic (exact) mass is 282 g/mol. The quantitative estimate of drug-likeness (QED) is 0.749. The Hall–Kier alpha value is -0.0800. The van der Waals surface area contributed by atoms with E-state index in [1.165, 1.54) is 38.6 Å². The topological polar surface area (TPSA) is 15.3 Å². The van der Waals surface area contributed by atoms with Crippen LogP contribution in [0.2, 0.25) is 0 Å². The van der Waals surface area contributed by atoms with E-state index in [1.807, 2.05) is 0 Å². The van der Waals surface area contributed by atoms with E-state index >= 15 is 0 Å². The molecule has 0 radical (unpaired) electrons. The standard InChI is InChI=1S/C18H38N2/c1-8-14(4)20(10-3)17-13-15(18(5,6)9-2)11-12-16(17)19-7/h14-17,19H,8-13H2,1-7H3. The first kappa shape index (κ1) is 18.0. The Bertz CT molecular complexity index is 275. The van der Waals surface area contributed by atoms with Crippen molar-refractivity contribution in [2.45, 2.75) is 91.8 Å². The van der Waals surface area contributed by atoms with Crippen LogP contribution < -0.4 is 5.32 Å². The molecule has 0 heterocycles. The Morgan fingerprint density at radius 3 is 2.30 bits per heavy atom. The molecule has 1 aliphatic rings. The van der Waals surface area contributed by atoms with Crippen LogP contribution in [-0.2, 0) is 0 Å². The lowest BCUT2D eigenvalue weighted by Gasteiger charge is -2.48. The maximum absolute atomic E-state index is 3.60. The Kier molecular flexibility index (Phi) is 7.00. The zero-order valence-corrected chi connectivity index (χ0v) is 15.0. The van der Waals surface area contributed by atoms with Gasteiger partial charge in [0, 0.05) is 18.1 Å². The molecule has 1 aliphatic carbocycles. The minimum atomic E-state index is 0.492. The molecule has 2 nitrogen and oxygen atoms in total. The largest absolute Gasteiger partial charge is 0.315 e. The third-order valence-corrected chi connectivity index (χ3v) is 6.15. The number of hydrogen-bond donors (Lipinski definition) is 1. The fourth-order valence-electron chi connectivity index (χ4n) is 3.96. The van der Waals surface area contributed by atoms with Gasteiger partial charge in [-0.2, -0.15) is 0 Å². The van der Waals surface area contributed by atoms with E-state index in [2.05, 4.69) is 58.8 Å². The van der Waals surface area contributed by atoms with Gasteiger partial charge in [-0.25, -0.2) is 0 Å².